The molecule has 5 nitrogen and oxygen atoms in total. The van der Waals surface area contributed by atoms with Crippen molar-refractivity contribution in [3.05, 3.63) is 98.6 Å². The quantitative estimate of drug-likeness (QED) is 0.175. The normalized spacial score (nSPS) is 14.8. The average Bonchev–Trinajstić information content (AvgIpc) is 3.54. The van der Waals surface area contributed by atoms with Gasteiger partial charge >= 0.3 is 5.97 Å². The number of nitrogens with zero attached hydrogens (tertiary/aromatic N) is 2. The van der Waals surface area contributed by atoms with E-state index in [1.807, 2.05) is 65.7 Å². The zero-order valence-electron chi connectivity index (χ0n) is 23.5. The van der Waals surface area contributed by atoms with E-state index in [1.54, 1.807) is 25.2 Å². The number of rotatable bonds is 9. The predicted molar refractivity (Wildman–Crippen MR) is 174 cm³/mol. The fourth-order valence-corrected chi connectivity index (χ4v) is 7.75. The summed E-state index contributed by atoms with van der Waals surface area (Å²) >= 11 is 15.6. The maximum absolute atomic E-state index is 12.2. The second-order valence-corrected chi connectivity index (χ2v) is 14.5. The highest BCUT2D eigenvalue weighted by Gasteiger charge is 2.34. The third kappa shape index (κ3) is 5.80. The van der Waals surface area contributed by atoms with E-state index >= 15 is 0 Å². The minimum absolute atomic E-state index is 0.319. The van der Waals surface area contributed by atoms with Crippen LogP contribution in [0.1, 0.15) is 43.3 Å². The topological polar surface area (TPSA) is 64.3 Å². The number of carboxylic acids is 1. The third-order valence-corrected chi connectivity index (χ3v) is 10.3. The summed E-state index contributed by atoms with van der Waals surface area (Å²) in [5, 5.41) is 15.9. The Balaban J connectivity index is 1.38. The summed E-state index contributed by atoms with van der Waals surface area (Å²) in [7, 11) is 0. The van der Waals surface area contributed by atoms with Gasteiger partial charge < -0.3 is 14.4 Å². The molecule has 42 heavy (non-hydrogen) atoms. The molecule has 216 valence electrons. The number of halogens is 2. The smallest absolute Gasteiger partial charge is 0.309 e. The number of aliphatic carboxylic acids is 1. The predicted octanol–water partition coefficient (Wildman–Crippen LogP) is 9.39. The second kappa shape index (κ2) is 11.6. The lowest BCUT2D eigenvalue weighted by Crippen LogP contribution is -2.28. The van der Waals surface area contributed by atoms with Crippen LogP contribution >= 0.6 is 46.3 Å². The molecule has 0 spiro atoms. The van der Waals surface area contributed by atoms with Crippen molar-refractivity contribution in [1.82, 2.24) is 9.55 Å². The Kier molecular flexibility index (Phi) is 8.05. The molecule has 0 amide bonds. The van der Waals surface area contributed by atoms with Gasteiger partial charge in [-0.3, -0.25) is 4.79 Å². The SMILES string of the molecule is CC1Cc2c(OCc3csc(-c4ccc(Cl)cc4)n3)ccc3c2c(c(CC(C)(C)C(=O)O)n3Cc2ccc(Cl)cc2)S1. The number of carbonyl (C=O) groups is 1. The number of carboxylic acid groups (broad SMARTS) is 1. The summed E-state index contributed by atoms with van der Waals surface area (Å²) in [5.41, 5.74) is 5.41. The molecule has 0 aliphatic carbocycles. The molecule has 9 heteroatoms. The van der Waals surface area contributed by atoms with Crippen LogP contribution in [-0.4, -0.2) is 25.9 Å². The van der Waals surface area contributed by atoms with E-state index in [1.165, 1.54) is 10.9 Å². The minimum Gasteiger partial charge on any atom is -0.487 e. The van der Waals surface area contributed by atoms with E-state index in [0.717, 1.165) is 50.1 Å². The van der Waals surface area contributed by atoms with Crippen LogP contribution in [-0.2, 0) is 30.8 Å². The van der Waals surface area contributed by atoms with Gasteiger partial charge in [-0.15, -0.1) is 23.1 Å². The Morgan fingerprint density at radius 1 is 1.07 bits per heavy atom. The van der Waals surface area contributed by atoms with Crippen molar-refractivity contribution in [2.75, 3.05) is 0 Å². The summed E-state index contributed by atoms with van der Waals surface area (Å²) in [4.78, 5) is 18.2. The molecule has 0 bridgehead atoms. The monoisotopic (exact) mass is 636 g/mol. The van der Waals surface area contributed by atoms with E-state index in [0.29, 0.717) is 34.9 Å². The van der Waals surface area contributed by atoms with Gasteiger partial charge in [-0.2, -0.15) is 0 Å². The largest absolute Gasteiger partial charge is 0.487 e. The van der Waals surface area contributed by atoms with E-state index < -0.39 is 11.4 Å². The number of aromatic nitrogens is 2. The molecule has 6 rings (SSSR count). The number of thiazole rings is 1. The summed E-state index contributed by atoms with van der Waals surface area (Å²) < 4.78 is 8.73. The van der Waals surface area contributed by atoms with E-state index in [9.17, 15) is 9.90 Å². The molecule has 3 heterocycles. The van der Waals surface area contributed by atoms with Crippen LogP contribution in [0.25, 0.3) is 21.5 Å². The minimum atomic E-state index is -0.921. The van der Waals surface area contributed by atoms with Crippen LogP contribution in [0.4, 0.5) is 0 Å². The van der Waals surface area contributed by atoms with Crippen molar-refractivity contribution in [1.29, 1.82) is 0 Å². The van der Waals surface area contributed by atoms with Crippen LogP contribution in [0.5, 0.6) is 5.75 Å². The Morgan fingerprint density at radius 3 is 2.45 bits per heavy atom. The van der Waals surface area contributed by atoms with Gasteiger partial charge in [-0.25, -0.2) is 4.98 Å². The van der Waals surface area contributed by atoms with Crippen LogP contribution in [0.15, 0.2) is 70.9 Å². The molecule has 1 atom stereocenters. The molecule has 1 aliphatic rings. The maximum Gasteiger partial charge on any atom is 0.309 e. The standard InChI is InChI=1S/C33H30Cl2N2O3S2/c1-19-14-25-28(40-17-24-18-41-31(36-24)21-6-10-23(35)11-7-21)13-12-26-29(25)30(42-19)27(15-33(2,3)32(38)39)37(26)16-20-4-8-22(34)9-5-20/h4-13,18-19H,14-17H2,1-3H3,(H,38,39). The second-order valence-electron chi connectivity index (χ2n) is 11.4. The lowest BCUT2D eigenvalue weighted by atomic mass is 9.87. The van der Waals surface area contributed by atoms with Gasteiger partial charge in [-0.05, 0) is 62.2 Å². The molecule has 5 aromatic rings. The molecule has 0 radical (unpaired) electrons. The molecular formula is C33H30Cl2N2O3S2. The van der Waals surface area contributed by atoms with Gasteiger partial charge in [0, 0.05) is 60.7 Å². The molecule has 1 aliphatic heterocycles. The highest BCUT2D eigenvalue weighted by molar-refractivity contribution is 8.00. The first kappa shape index (κ1) is 29.1. The summed E-state index contributed by atoms with van der Waals surface area (Å²) in [6.07, 6.45) is 1.28. The molecule has 0 fully saturated rings. The average molecular weight is 638 g/mol. The van der Waals surface area contributed by atoms with Crippen molar-refractivity contribution >= 4 is 63.2 Å². The third-order valence-electron chi connectivity index (χ3n) is 7.63. The highest BCUT2D eigenvalue weighted by atomic mass is 35.5. The number of thioether (sulfide) groups is 1. The van der Waals surface area contributed by atoms with Crippen molar-refractivity contribution in [3.63, 3.8) is 0 Å². The molecule has 0 saturated carbocycles. The summed E-state index contributed by atoms with van der Waals surface area (Å²) in [6.45, 7) is 6.80. The first-order valence-corrected chi connectivity index (χ1v) is 16.2. The molecule has 0 saturated heterocycles. The van der Waals surface area contributed by atoms with Gasteiger partial charge in [0.05, 0.1) is 16.6 Å². The van der Waals surface area contributed by atoms with Gasteiger partial charge in [0.1, 0.15) is 17.4 Å². The summed E-state index contributed by atoms with van der Waals surface area (Å²) in [5.74, 6) is 0.0435. The first-order chi connectivity index (χ1) is 20.1. The van der Waals surface area contributed by atoms with Crippen molar-refractivity contribution in [3.8, 4) is 16.3 Å². The van der Waals surface area contributed by atoms with Gasteiger partial charge in [-0.1, -0.05) is 54.4 Å². The Hall–Kier alpha value is -2.97. The van der Waals surface area contributed by atoms with Crippen molar-refractivity contribution in [2.45, 2.75) is 56.9 Å². The van der Waals surface area contributed by atoms with Crippen LogP contribution in [0.3, 0.4) is 0 Å². The Bertz CT molecular complexity index is 1780. The fraction of sp³-hybridized carbons (Fsp3) is 0.273. The number of ether oxygens (including phenoxy) is 1. The van der Waals surface area contributed by atoms with Crippen LogP contribution in [0, 0.1) is 5.41 Å². The zero-order valence-corrected chi connectivity index (χ0v) is 26.6. The summed E-state index contributed by atoms with van der Waals surface area (Å²) in [6, 6.07) is 19.7. The van der Waals surface area contributed by atoms with E-state index in [4.69, 9.17) is 32.9 Å². The maximum atomic E-state index is 12.2. The van der Waals surface area contributed by atoms with Gasteiger partial charge in [0.25, 0.3) is 0 Å². The molecule has 3 aromatic carbocycles. The number of benzene rings is 3. The molecule has 2 aromatic heterocycles. The highest BCUT2D eigenvalue weighted by Crippen LogP contribution is 2.48. The molecular weight excluding hydrogens is 607 g/mol. The Morgan fingerprint density at radius 2 is 1.76 bits per heavy atom. The van der Waals surface area contributed by atoms with E-state index in [2.05, 4.69) is 23.6 Å². The van der Waals surface area contributed by atoms with Crippen molar-refractivity contribution < 1.29 is 14.6 Å². The lowest BCUT2D eigenvalue weighted by Gasteiger charge is -2.24. The molecule has 1 N–H and O–H groups in total. The zero-order chi connectivity index (χ0) is 29.6. The van der Waals surface area contributed by atoms with Gasteiger partial charge in [0.2, 0.25) is 0 Å². The number of hydrogen-bond acceptors (Lipinski definition) is 5. The fourth-order valence-electron chi connectivity index (χ4n) is 5.37. The lowest BCUT2D eigenvalue weighted by molar-refractivity contribution is -0.146. The Labute approximate surface area is 263 Å². The molecule has 1 unspecified atom stereocenters. The first-order valence-electron chi connectivity index (χ1n) is 13.7. The van der Waals surface area contributed by atoms with Crippen LogP contribution in [0.2, 0.25) is 10.0 Å². The van der Waals surface area contributed by atoms with Crippen LogP contribution < -0.4 is 4.74 Å². The van der Waals surface area contributed by atoms with Crippen molar-refractivity contribution in [2.24, 2.45) is 5.41 Å². The van der Waals surface area contributed by atoms with Gasteiger partial charge in [0.15, 0.2) is 0 Å². The number of hydrogen-bond donors (Lipinski definition) is 1. The van der Waals surface area contributed by atoms with E-state index in [-0.39, 0.29) is 0 Å².